The van der Waals surface area contributed by atoms with Gasteiger partial charge in [0.2, 0.25) is 5.88 Å². The number of hydrogen-bond acceptors (Lipinski definition) is 5. The van der Waals surface area contributed by atoms with Crippen molar-refractivity contribution in [2.45, 2.75) is 19.8 Å². The van der Waals surface area contributed by atoms with Crippen molar-refractivity contribution in [3.63, 3.8) is 0 Å². The Kier molecular flexibility index (Phi) is 3.33. The highest BCUT2D eigenvalue weighted by atomic mass is 79.9. The maximum absolute atomic E-state index is 5.82. The van der Waals surface area contributed by atoms with Crippen LogP contribution in [0.15, 0.2) is 21.1 Å². The summed E-state index contributed by atoms with van der Waals surface area (Å²) in [6.07, 6.45) is 0. The van der Waals surface area contributed by atoms with Crippen LogP contribution in [0.1, 0.15) is 25.3 Å². The van der Waals surface area contributed by atoms with E-state index < -0.39 is 0 Å². The van der Waals surface area contributed by atoms with Crippen LogP contribution in [-0.2, 0) is 0 Å². The van der Waals surface area contributed by atoms with Crippen LogP contribution in [-0.4, -0.2) is 18.4 Å². The first-order valence-corrected chi connectivity index (χ1v) is 7.21. The number of aromatic nitrogens is 1. The first-order chi connectivity index (χ1) is 9.58. The number of benzene rings is 1. The fraction of sp³-hybridized carbons (Fsp3) is 0.357. The van der Waals surface area contributed by atoms with Crippen molar-refractivity contribution < 1.29 is 14.0 Å². The molecule has 1 aliphatic heterocycles. The number of halogens is 1. The van der Waals surface area contributed by atoms with E-state index in [2.05, 4.69) is 34.9 Å². The minimum Gasteiger partial charge on any atom is -0.486 e. The molecule has 0 unspecified atom stereocenters. The molecule has 1 aromatic heterocycles. The third kappa shape index (κ3) is 2.14. The number of anilines is 1. The Balaban J connectivity index is 2.26. The fourth-order valence-corrected chi connectivity index (χ4v) is 2.91. The van der Waals surface area contributed by atoms with E-state index in [4.69, 9.17) is 19.7 Å². The number of ether oxygens (including phenoxy) is 2. The SMILES string of the molecule is CC(C)c1c(-c2cc(N)on2)cc(Br)c2c1OCCO2. The van der Waals surface area contributed by atoms with Crippen molar-refractivity contribution in [3.8, 4) is 22.8 Å². The molecule has 2 heterocycles. The molecule has 1 aromatic carbocycles. The van der Waals surface area contributed by atoms with E-state index in [-0.39, 0.29) is 5.92 Å². The van der Waals surface area contributed by atoms with Gasteiger partial charge in [0.05, 0.1) is 4.47 Å². The maximum atomic E-state index is 5.82. The van der Waals surface area contributed by atoms with Gasteiger partial charge in [-0.15, -0.1) is 0 Å². The highest BCUT2D eigenvalue weighted by Gasteiger charge is 2.26. The molecule has 1 aliphatic rings. The molecule has 0 atom stereocenters. The highest BCUT2D eigenvalue weighted by molar-refractivity contribution is 9.10. The zero-order chi connectivity index (χ0) is 14.3. The van der Waals surface area contributed by atoms with Gasteiger partial charge in [-0.3, -0.25) is 0 Å². The number of nitrogens with zero attached hydrogens (tertiary/aromatic N) is 1. The minimum atomic E-state index is 0.256. The molecule has 2 N–H and O–H groups in total. The van der Waals surface area contributed by atoms with Gasteiger partial charge in [0.1, 0.15) is 18.9 Å². The summed E-state index contributed by atoms with van der Waals surface area (Å²) in [6, 6.07) is 3.68. The van der Waals surface area contributed by atoms with Crippen LogP contribution in [0.25, 0.3) is 11.3 Å². The van der Waals surface area contributed by atoms with Gasteiger partial charge < -0.3 is 19.7 Å². The highest BCUT2D eigenvalue weighted by Crippen LogP contribution is 2.47. The molecule has 0 radical (unpaired) electrons. The molecule has 2 aromatic rings. The van der Waals surface area contributed by atoms with Gasteiger partial charge in [-0.25, -0.2) is 0 Å². The standard InChI is InChI=1S/C14H15BrN2O3/c1-7(2)12-8(10-6-11(16)20-17-10)5-9(15)13-14(12)19-4-3-18-13/h5-7H,3-4,16H2,1-2H3. The summed E-state index contributed by atoms with van der Waals surface area (Å²) in [4.78, 5) is 0. The predicted octanol–water partition coefficient (Wildman–Crippen LogP) is 3.58. The van der Waals surface area contributed by atoms with E-state index >= 15 is 0 Å². The molecule has 0 bridgehead atoms. The van der Waals surface area contributed by atoms with Gasteiger partial charge in [-0.05, 0) is 27.9 Å². The topological polar surface area (TPSA) is 70.5 Å². The lowest BCUT2D eigenvalue weighted by Crippen LogP contribution is -2.18. The van der Waals surface area contributed by atoms with Crippen LogP contribution < -0.4 is 15.2 Å². The van der Waals surface area contributed by atoms with Crippen molar-refractivity contribution in [1.29, 1.82) is 0 Å². The molecule has 0 spiro atoms. The van der Waals surface area contributed by atoms with Crippen molar-refractivity contribution in [3.05, 3.63) is 22.2 Å². The zero-order valence-electron chi connectivity index (χ0n) is 11.3. The Morgan fingerprint density at radius 3 is 2.50 bits per heavy atom. The molecule has 106 valence electrons. The Bertz CT molecular complexity index is 652. The van der Waals surface area contributed by atoms with Crippen LogP contribution in [0.3, 0.4) is 0 Å². The van der Waals surface area contributed by atoms with E-state index in [0.717, 1.165) is 27.1 Å². The van der Waals surface area contributed by atoms with Crippen LogP contribution >= 0.6 is 15.9 Å². The van der Waals surface area contributed by atoms with Crippen molar-refractivity contribution >= 4 is 21.8 Å². The van der Waals surface area contributed by atoms with Gasteiger partial charge in [0.25, 0.3) is 0 Å². The summed E-state index contributed by atoms with van der Waals surface area (Å²) in [7, 11) is 0. The Hall–Kier alpha value is -1.69. The summed E-state index contributed by atoms with van der Waals surface area (Å²) in [5, 5.41) is 4.00. The van der Waals surface area contributed by atoms with Gasteiger partial charge in [-0.1, -0.05) is 19.0 Å². The first kappa shape index (κ1) is 13.3. The largest absolute Gasteiger partial charge is 0.486 e. The first-order valence-electron chi connectivity index (χ1n) is 6.42. The van der Waals surface area contributed by atoms with E-state index in [0.29, 0.717) is 24.8 Å². The van der Waals surface area contributed by atoms with Crippen molar-refractivity contribution in [2.24, 2.45) is 0 Å². The van der Waals surface area contributed by atoms with E-state index in [1.54, 1.807) is 6.07 Å². The van der Waals surface area contributed by atoms with E-state index in [1.807, 2.05) is 6.07 Å². The van der Waals surface area contributed by atoms with Gasteiger partial charge in [0.15, 0.2) is 11.5 Å². The molecule has 0 saturated carbocycles. The Morgan fingerprint density at radius 2 is 1.90 bits per heavy atom. The smallest absolute Gasteiger partial charge is 0.222 e. The second-order valence-electron chi connectivity index (χ2n) is 4.94. The van der Waals surface area contributed by atoms with Crippen molar-refractivity contribution in [2.75, 3.05) is 18.9 Å². The summed E-state index contributed by atoms with van der Waals surface area (Å²) in [5.41, 5.74) is 8.31. The van der Waals surface area contributed by atoms with Gasteiger partial charge in [-0.2, -0.15) is 0 Å². The Morgan fingerprint density at radius 1 is 1.20 bits per heavy atom. The third-order valence-corrected chi connectivity index (χ3v) is 3.78. The summed E-state index contributed by atoms with van der Waals surface area (Å²) < 4.78 is 17.3. The molecule has 0 amide bonds. The molecule has 0 aliphatic carbocycles. The lowest BCUT2D eigenvalue weighted by Gasteiger charge is -2.25. The molecule has 0 saturated heterocycles. The quantitative estimate of drug-likeness (QED) is 0.906. The zero-order valence-corrected chi connectivity index (χ0v) is 12.9. The summed E-state index contributed by atoms with van der Waals surface area (Å²) >= 11 is 3.53. The predicted molar refractivity (Wildman–Crippen MR) is 79.1 cm³/mol. The fourth-order valence-electron chi connectivity index (χ4n) is 2.39. The number of nitrogens with two attached hydrogens (primary N) is 1. The molecular formula is C14H15BrN2O3. The van der Waals surface area contributed by atoms with Crippen LogP contribution in [0.5, 0.6) is 11.5 Å². The normalized spacial score (nSPS) is 13.8. The summed E-state index contributed by atoms with van der Waals surface area (Å²) in [5.74, 6) is 2.07. The van der Waals surface area contributed by atoms with Gasteiger partial charge in [0, 0.05) is 17.2 Å². The maximum Gasteiger partial charge on any atom is 0.222 e. The number of nitrogen functional groups attached to an aromatic ring is 1. The second-order valence-corrected chi connectivity index (χ2v) is 5.80. The average Bonchev–Trinajstić information content (AvgIpc) is 2.85. The monoisotopic (exact) mass is 338 g/mol. The lowest BCUT2D eigenvalue weighted by molar-refractivity contribution is 0.168. The molecule has 6 heteroatoms. The molecule has 20 heavy (non-hydrogen) atoms. The summed E-state index contributed by atoms with van der Waals surface area (Å²) in [6.45, 7) is 5.31. The molecular weight excluding hydrogens is 324 g/mol. The van der Waals surface area contributed by atoms with Gasteiger partial charge >= 0.3 is 0 Å². The van der Waals surface area contributed by atoms with E-state index in [9.17, 15) is 0 Å². The minimum absolute atomic E-state index is 0.256. The number of fused-ring (bicyclic) bond motifs is 1. The number of rotatable bonds is 2. The Labute approximate surface area is 125 Å². The van der Waals surface area contributed by atoms with E-state index in [1.165, 1.54) is 0 Å². The average molecular weight is 339 g/mol. The molecule has 5 nitrogen and oxygen atoms in total. The lowest BCUT2D eigenvalue weighted by atomic mass is 9.93. The van der Waals surface area contributed by atoms with Crippen LogP contribution in [0.4, 0.5) is 5.88 Å². The number of hydrogen-bond donors (Lipinski definition) is 1. The molecule has 3 rings (SSSR count). The van der Waals surface area contributed by atoms with Crippen molar-refractivity contribution in [1.82, 2.24) is 5.16 Å². The molecule has 0 fully saturated rings. The second kappa shape index (κ2) is 5.01. The van der Waals surface area contributed by atoms with Crippen LogP contribution in [0.2, 0.25) is 0 Å². The third-order valence-electron chi connectivity index (χ3n) is 3.19. The van der Waals surface area contributed by atoms with Crippen LogP contribution in [0, 0.1) is 0 Å².